The van der Waals surface area contributed by atoms with Gasteiger partial charge in [-0.3, -0.25) is 4.79 Å². The Morgan fingerprint density at radius 1 is 1.40 bits per heavy atom. The van der Waals surface area contributed by atoms with Crippen LogP contribution in [0.5, 0.6) is 0 Å². The largest absolute Gasteiger partial charge is 0.469 e. The maximum atomic E-state index is 12.1. The summed E-state index contributed by atoms with van der Waals surface area (Å²) in [5.74, 6) is -0.400. The first-order valence-corrected chi connectivity index (χ1v) is 6.95. The molecule has 20 heavy (non-hydrogen) atoms. The van der Waals surface area contributed by atoms with Crippen molar-refractivity contribution in [2.45, 2.75) is 39.2 Å². The van der Waals surface area contributed by atoms with E-state index in [0.717, 1.165) is 12.8 Å². The lowest BCUT2D eigenvalue weighted by Crippen LogP contribution is -2.48. The molecule has 0 aliphatic carbocycles. The molecule has 2 atom stereocenters. The third kappa shape index (κ3) is 4.54. The van der Waals surface area contributed by atoms with Gasteiger partial charge in [-0.05, 0) is 39.5 Å². The van der Waals surface area contributed by atoms with Crippen LogP contribution in [0.3, 0.4) is 0 Å². The van der Waals surface area contributed by atoms with Crippen molar-refractivity contribution in [2.24, 2.45) is 11.8 Å². The third-order valence-electron chi connectivity index (χ3n) is 3.38. The Morgan fingerprint density at radius 3 is 2.55 bits per heavy atom. The summed E-state index contributed by atoms with van der Waals surface area (Å²) in [6.07, 6.45) is 2.94. The number of amides is 1. The van der Waals surface area contributed by atoms with Crippen LogP contribution < -0.4 is 0 Å². The molecule has 0 spiro atoms. The highest BCUT2D eigenvalue weighted by Gasteiger charge is 2.37. The van der Waals surface area contributed by atoms with Gasteiger partial charge in [-0.25, -0.2) is 4.79 Å². The summed E-state index contributed by atoms with van der Waals surface area (Å²) >= 11 is 0. The van der Waals surface area contributed by atoms with E-state index in [-0.39, 0.29) is 23.9 Å². The predicted octanol–water partition coefficient (Wildman–Crippen LogP) is 2.61. The number of rotatable bonds is 3. The Kier molecular flexibility index (Phi) is 5.60. The van der Waals surface area contributed by atoms with Crippen LogP contribution in [-0.4, -0.2) is 42.8 Å². The number of ether oxygens (including phenoxy) is 2. The third-order valence-corrected chi connectivity index (χ3v) is 3.38. The van der Waals surface area contributed by atoms with Crippen molar-refractivity contribution in [3.63, 3.8) is 0 Å². The summed E-state index contributed by atoms with van der Waals surface area (Å²) in [5.41, 5.74) is -0.532. The first-order valence-electron chi connectivity index (χ1n) is 6.95. The summed E-state index contributed by atoms with van der Waals surface area (Å²) in [7, 11) is 1.37. The lowest BCUT2D eigenvalue weighted by Gasteiger charge is -2.37. The quantitative estimate of drug-likeness (QED) is 0.590. The van der Waals surface area contributed by atoms with Crippen LogP contribution in [0, 0.1) is 11.8 Å². The fourth-order valence-electron chi connectivity index (χ4n) is 2.41. The molecule has 0 aromatic rings. The second-order valence-corrected chi connectivity index (χ2v) is 6.13. The SMILES string of the molecule is C=CCC1CCN(C(=O)OC(C)(C)C)CC1C(=O)OC. The first kappa shape index (κ1) is 16.5. The van der Waals surface area contributed by atoms with Gasteiger partial charge < -0.3 is 14.4 Å². The first-order chi connectivity index (χ1) is 9.28. The van der Waals surface area contributed by atoms with Crippen LogP contribution in [0.15, 0.2) is 12.7 Å². The Balaban J connectivity index is 2.73. The number of allylic oxidation sites excluding steroid dienone is 1. The zero-order chi connectivity index (χ0) is 15.3. The Bertz CT molecular complexity index is 373. The van der Waals surface area contributed by atoms with Crippen molar-refractivity contribution in [2.75, 3.05) is 20.2 Å². The molecule has 1 aliphatic heterocycles. The predicted molar refractivity (Wildman–Crippen MR) is 76.2 cm³/mol. The maximum Gasteiger partial charge on any atom is 0.410 e. The average Bonchev–Trinajstić information content (AvgIpc) is 2.36. The number of piperidine rings is 1. The number of hydrogen-bond acceptors (Lipinski definition) is 4. The van der Waals surface area contributed by atoms with E-state index in [4.69, 9.17) is 9.47 Å². The number of hydrogen-bond donors (Lipinski definition) is 0. The molecule has 0 radical (unpaired) electrons. The maximum absolute atomic E-state index is 12.1. The van der Waals surface area contributed by atoms with Gasteiger partial charge >= 0.3 is 12.1 Å². The summed E-state index contributed by atoms with van der Waals surface area (Å²) in [4.78, 5) is 25.5. The van der Waals surface area contributed by atoms with Gasteiger partial charge in [0.05, 0.1) is 13.0 Å². The highest BCUT2D eigenvalue weighted by Crippen LogP contribution is 2.28. The minimum absolute atomic E-state index is 0.179. The molecule has 0 saturated carbocycles. The van der Waals surface area contributed by atoms with Crippen molar-refractivity contribution < 1.29 is 19.1 Å². The summed E-state index contributed by atoms with van der Waals surface area (Å²) in [5, 5.41) is 0. The van der Waals surface area contributed by atoms with E-state index in [2.05, 4.69) is 6.58 Å². The molecule has 114 valence electrons. The zero-order valence-electron chi connectivity index (χ0n) is 12.8. The number of likely N-dealkylation sites (tertiary alicyclic amines) is 1. The smallest absolute Gasteiger partial charge is 0.410 e. The van der Waals surface area contributed by atoms with E-state index in [1.54, 1.807) is 4.90 Å². The van der Waals surface area contributed by atoms with Crippen LogP contribution >= 0.6 is 0 Å². The molecular formula is C15H25NO4. The van der Waals surface area contributed by atoms with Crippen LogP contribution in [0.1, 0.15) is 33.6 Å². The second kappa shape index (κ2) is 6.77. The van der Waals surface area contributed by atoms with Gasteiger partial charge in [-0.2, -0.15) is 0 Å². The molecule has 0 bridgehead atoms. The van der Waals surface area contributed by atoms with E-state index >= 15 is 0 Å². The standard InChI is InChI=1S/C15H25NO4/c1-6-7-11-8-9-16(10-12(11)13(17)19-5)14(18)20-15(2,3)4/h6,11-12H,1,7-10H2,2-5H3. The monoisotopic (exact) mass is 283 g/mol. The molecule has 1 amide bonds. The van der Waals surface area contributed by atoms with Crippen molar-refractivity contribution in [3.05, 3.63) is 12.7 Å². The van der Waals surface area contributed by atoms with Crippen molar-refractivity contribution in [1.82, 2.24) is 4.90 Å². The summed E-state index contributed by atoms with van der Waals surface area (Å²) in [6.45, 7) is 10.1. The van der Waals surface area contributed by atoms with Gasteiger partial charge in [0.25, 0.3) is 0 Å². The molecule has 1 saturated heterocycles. The molecule has 1 heterocycles. The van der Waals surface area contributed by atoms with Gasteiger partial charge in [-0.15, -0.1) is 6.58 Å². The molecule has 1 fully saturated rings. The number of carbonyl (C=O) groups is 2. The summed E-state index contributed by atoms with van der Waals surface area (Å²) < 4.78 is 10.2. The molecule has 5 nitrogen and oxygen atoms in total. The Hall–Kier alpha value is -1.52. The fourth-order valence-corrected chi connectivity index (χ4v) is 2.41. The van der Waals surface area contributed by atoms with Gasteiger partial charge in [0.1, 0.15) is 5.60 Å². The van der Waals surface area contributed by atoms with E-state index in [0.29, 0.717) is 13.1 Å². The lowest BCUT2D eigenvalue weighted by atomic mass is 9.83. The van der Waals surface area contributed by atoms with Crippen molar-refractivity contribution in [1.29, 1.82) is 0 Å². The number of methoxy groups -OCH3 is 1. The molecular weight excluding hydrogens is 258 g/mol. The Labute approximate surface area is 120 Å². The Morgan fingerprint density at radius 2 is 2.05 bits per heavy atom. The second-order valence-electron chi connectivity index (χ2n) is 6.13. The van der Waals surface area contributed by atoms with E-state index in [9.17, 15) is 9.59 Å². The van der Waals surface area contributed by atoms with Crippen LogP contribution in [-0.2, 0) is 14.3 Å². The van der Waals surface area contributed by atoms with Gasteiger partial charge in [0.2, 0.25) is 0 Å². The average molecular weight is 283 g/mol. The molecule has 2 unspecified atom stereocenters. The molecule has 0 aromatic heterocycles. The zero-order valence-corrected chi connectivity index (χ0v) is 12.8. The van der Waals surface area contributed by atoms with Gasteiger partial charge in [-0.1, -0.05) is 6.08 Å². The highest BCUT2D eigenvalue weighted by atomic mass is 16.6. The van der Waals surface area contributed by atoms with Crippen molar-refractivity contribution in [3.8, 4) is 0 Å². The number of nitrogens with zero attached hydrogens (tertiary/aromatic N) is 1. The van der Waals surface area contributed by atoms with Crippen LogP contribution in [0.4, 0.5) is 4.79 Å². The molecule has 0 aromatic carbocycles. The molecule has 5 heteroatoms. The van der Waals surface area contributed by atoms with Crippen LogP contribution in [0.2, 0.25) is 0 Å². The molecule has 0 N–H and O–H groups in total. The van der Waals surface area contributed by atoms with Gasteiger partial charge in [0, 0.05) is 13.1 Å². The molecule has 1 rings (SSSR count). The van der Waals surface area contributed by atoms with Crippen LogP contribution in [0.25, 0.3) is 0 Å². The van der Waals surface area contributed by atoms with Crippen molar-refractivity contribution >= 4 is 12.1 Å². The van der Waals surface area contributed by atoms with E-state index in [1.165, 1.54) is 7.11 Å². The topological polar surface area (TPSA) is 55.8 Å². The molecule has 1 aliphatic rings. The minimum Gasteiger partial charge on any atom is -0.469 e. The van der Waals surface area contributed by atoms with E-state index in [1.807, 2.05) is 26.8 Å². The fraction of sp³-hybridized carbons (Fsp3) is 0.733. The highest BCUT2D eigenvalue weighted by molar-refractivity contribution is 5.75. The number of carbonyl (C=O) groups excluding carboxylic acids is 2. The van der Waals surface area contributed by atoms with Gasteiger partial charge in [0.15, 0.2) is 0 Å². The lowest BCUT2D eigenvalue weighted by molar-refractivity contribution is -0.149. The minimum atomic E-state index is -0.532. The number of esters is 1. The normalized spacial score (nSPS) is 23.1. The van der Waals surface area contributed by atoms with E-state index < -0.39 is 5.60 Å². The summed E-state index contributed by atoms with van der Waals surface area (Å²) in [6, 6.07) is 0.